The van der Waals surface area contributed by atoms with Crippen LogP contribution in [0.2, 0.25) is 0 Å². The number of rotatable bonds is 3. The van der Waals surface area contributed by atoms with Crippen LogP contribution in [-0.2, 0) is 4.79 Å². The van der Waals surface area contributed by atoms with Gasteiger partial charge in [-0.05, 0) is 19.1 Å². The number of halogens is 1. The number of hydrogen-bond donors (Lipinski definition) is 2. The topological polar surface area (TPSA) is 79.3 Å². The van der Waals surface area contributed by atoms with Gasteiger partial charge in [-0.3, -0.25) is 9.59 Å². The molecule has 0 fully saturated rings. The van der Waals surface area contributed by atoms with Crippen LogP contribution in [-0.4, -0.2) is 28.0 Å². The Morgan fingerprint density at radius 3 is 2.80 bits per heavy atom. The number of carboxylic acids is 1. The third kappa shape index (κ3) is 2.73. The summed E-state index contributed by atoms with van der Waals surface area (Å²) in [6.45, 7) is 1.29. The van der Waals surface area contributed by atoms with Crippen molar-refractivity contribution in [3.05, 3.63) is 29.8 Å². The lowest BCUT2D eigenvalue weighted by molar-refractivity contribution is -0.138. The van der Waals surface area contributed by atoms with E-state index in [9.17, 15) is 14.0 Å². The predicted octanol–water partition coefficient (Wildman–Crippen LogP) is 0.424. The molecule has 1 amide bonds. The first-order chi connectivity index (χ1) is 7.02. The number of aliphatic carboxylic acids is 1. The van der Waals surface area contributed by atoms with Gasteiger partial charge in [0.2, 0.25) is 5.95 Å². The molecule has 15 heavy (non-hydrogen) atoms. The number of aromatic nitrogens is 1. The lowest BCUT2D eigenvalue weighted by Crippen LogP contribution is -2.38. The number of nitrogens with zero attached hydrogens (tertiary/aromatic N) is 1. The van der Waals surface area contributed by atoms with Crippen molar-refractivity contribution in [3.8, 4) is 0 Å². The molecule has 0 spiro atoms. The van der Waals surface area contributed by atoms with Crippen LogP contribution < -0.4 is 5.32 Å². The summed E-state index contributed by atoms with van der Waals surface area (Å²) in [6.07, 6.45) is 1.20. The summed E-state index contributed by atoms with van der Waals surface area (Å²) >= 11 is 0. The molecular weight excluding hydrogens is 203 g/mol. The molecule has 1 atom stereocenters. The molecule has 0 aliphatic rings. The van der Waals surface area contributed by atoms with Crippen molar-refractivity contribution in [2.24, 2.45) is 0 Å². The number of pyridine rings is 1. The van der Waals surface area contributed by atoms with E-state index in [1.54, 1.807) is 0 Å². The highest BCUT2D eigenvalue weighted by Crippen LogP contribution is 2.02. The molecule has 1 rings (SSSR count). The van der Waals surface area contributed by atoms with Crippen LogP contribution in [0.4, 0.5) is 4.39 Å². The fraction of sp³-hybridized carbons (Fsp3) is 0.222. The van der Waals surface area contributed by atoms with E-state index in [1.165, 1.54) is 25.3 Å². The van der Waals surface area contributed by atoms with Gasteiger partial charge in [-0.1, -0.05) is 0 Å². The Labute approximate surface area is 84.9 Å². The number of amides is 1. The molecule has 2 N–H and O–H groups in total. The zero-order valence-electron chi connectivity index (χ0n) is 7.90. The van der Waals surface area contributed by atoms with Crippen LogP contribution in [0.3, 0.4) is 0 Å². The molecular formula is C9H9FN2O3. The first-order valence-corrected chi connectivity index (χ1v) is 4.16. The van der Waals surface area contributed by atoms with Crippen molar-refractivity contribution in [2.75, 3.05) is 0 Å². The Bertz CT molecular complexity index is 395. The van der Waals surface area contributed by atoms with Gasteiger partial charge in [-0.15, -0.1) is 0 Å². The summed E-state index contributed by atoms with van der Waals surface area (Å²) in [6, 6.07) is 1.55. The van der Waals surface area contributed by atoms with E-state index >= 15 is 0 Å². The second kappa shape index (κ2) is 4.50. The molecule has 0 aromatic carbocycles. The molecule has 6 heteroatoms. The standard InChI is InChI=1S/C9H9FN2O3/c1-5(9(14)15)12-8(13)6-3-2-4-11-7(6)10/h2-5H,1H3,(H,12,13)(H,14,15). The fourth-order valence-electron chi connectivity index (χ4n) is 0.892. The lowest BCUT2D eigenvalue weighted by Gasteiger charge is -2.08. The minimum Gasteiger partial charge on any atom is -0.480 e. The summed E-state index contributed by atoms with van der Waals surface area (Å²) < 4.78 is 13.0. The van der Waals surface area contributed by atoms with E-state index < -0.39 is 23.9 Å². The van der Waals surface area contributed by atoms with Crippen molar-refractivity contribution < 1.29 is 19.1 Å². The van der Waals surface area contributed by atoms with Gasteiger partial charge >= 0.3 is 5.97 Å². The molecule has 0 saturated carbocycles. The summed E-state index contributed by atoms with van der Waals surface area (Å²) in [4.78, 5) is 25.0. The van der Waals surface area contributed by atoms with Crippen LogP contribution in [0.5, 0.6) is 0 Å². The average molecular weight is 212 g/mol. The SMILES string of the molecule is CC(NC(=O)c1cccnc1F)C(=O)O. The third-order valence-electron chi connectivity index (χ3n) is 1.72. The van der Waals surface area contributed by atoms with Gasteiger partial charge in [0.1, 0.15) is 6.04 Å². The maximum Gasteiger partial charge on any atom is 0.325 e. The van der Waals surface area contributed by atoms with Crippen LogP contribution in [0.15, 0.2) is 18.3 Å². The minimum atomic E-state index is -1.19. The van der Waals surface area contributed by atoms with Gasteiger partial charge < -0.3 is 10.4 Å². The second-order valence-electron chi connectivity index (χ2n) is 2.88. The highest BCUT2D eigenvalue weighted by atomic mass is 19.1. The van der Waals surface area contributed by atoms with E-state index in [-0.39, 0.29) is 5.56 Å². The molecule has 0 bridgehead atoms. The normalized spacial score (nSPS) is 11.9. The van der Waals surface area contributed by atoms with Gasteiger partial charge in [-0.2, -0.15) is 4.39 Å². The molecule has 1 unspecified atom stereocenters. The van der Waals surface area contributed by atoms with Crippen LogP contribution in [0.1, 0.15) is 17.3 Å². The van der Waals surface area contributed by atoms with E-state index in [4.69, 9.17) is 5.11 Å². The Hall–Kier alpha value is -1.98. The molecule has 5 nitrogen and oxygen atoms in total. The molecule has 1 aromatic rings. The van der Waals surface area contributed by atoms with E-state index in [0.29, 0.717) is 0 Å². The number of carboxylic acid groups (broad SMARTS) is 1. The molecule has 0 saturated heterocycles. The van der Waals surface area contributed by atoms with Crippen LogP contribution in [0, 0.1) is 5.95 Å². The van der Waals surface area contributed by atoms with Crippen molar-refractivity contribution in [1.82, 2.24) is 10.3 Å². The minimum absolute atomic E-state index is 0.273. The maximum absolute atomic E-state index is 13.0. The molecule has 1 heterocycles. The van der Waals surface area contributed by atoms with Gasteiger partial charge in [0, 0.05) is 6.20 Å². The zero-order valence-corrected chi connectivity index (χ0v) is 7.90. The van der Waals surface area contributed by atoms with Gasteiger partial charge in [0.05, 0.1) is 5.56 Å². The zero-order chi connectivity index (χ0) is 11.4. The first-order valence-electron chi connectivity index (χ1n) is 4.16. The molecule has 80 valence electrons. The third-order valence-corrected chi connectivity index (χ3v) is 1.72. The molecule has 0 aliphatic carbocycles. The lowest BCUT2D eigenvalue weighted by atomic mass is 10.2. The van der Waals surface area contributed by atoms with Gasteiger partial charge in [0.15, 0.2) is 0 Å². The number of nitrogens with one attached hydrogen (secondary N) is 1. The monoisotopic (exact) mass is 212 g/mol. The van der Waals surface area contributed by atoms with Crippen molar-refractivity contribution in [1.29, 1.82) is 0 Å². The smallest absolute Gasteiger partial charge is 0.325 e. The number of hydrogen-bond acceptors (Lipinski definition) is 3. The van der Waals surface area contributed by atoms with E-state index in [0.717, 1.165) is 0 Å². The predicted molar refractivity (Wildman–Crippen MR) is 48.8 cm³/mol. The molecule has 1 aromatic heterocycles. The fourth-order valence-corrected chi connectivity index (χ4v) is 0.892. The van der Waals surface area contributed by atoms with Crippen molar-refractivity contribution in [2.45, 2.75) is 13.0 Å². The number of carbonyl (C=O) groups excluding carboxylic acids is 1. The van der Waals surface area contributed by atoms with E-state index in [2.05, 4.69) is 10.3 Å². The Morgan fingerprint density at radius 1 is 1.60 bits per heavy atom. The summed E-state index contributed by atoms with van der Waals surface area (Å²) in [5.41, 5.74) is -0.273. The maximum atomic E-state index is 13.0. The molecule has 0 radical (unpaired) electrons. The summed E-state index contributed by atoms with van der Waals surface area (Å²) in [7, 11) is 0. The Balaban J connectivity index is 2.78. The van der Waals surface area contributed by atoms with Gasteiger partial charge in [0.25, 0.3) is 5.91 Å². The highest BCUT2D eigenvalue weighted by molar-refractivity contribution is 5.96. The highest BCUT2D eigenvalue weighted by Gasteiger charge is 2.17. The van der Waals surface area contributed by atoms with Gasteiger partial charge in [-0.25, -0.2) is 4.98 Å². The second-order valence-corrected chi connectivity index (χ2v) is 2.88. The molecule has 0 aliphatic heterocycles. The first kappa shape index (κ1) is 11.1. The Kier molecular flexibility index (Phi) is 3.33. The van der Waals surface area contributed by atoms with Crippen LogP contribution in [0.25, 0.3) is 0 Å². The average Bonchev–Trinajstić information content (AvgIpc) is 2.18. The van der Waals surface area contributed by atoms with E-state index in [1.807, 2.05) is 0 Å². The summed E-state index contributed by atoms with van der Waals surface area (Å²) in [5.74, 6) is -2.91. The largest absolute Gasteiger partial charge is 0.480 e. The quantitative estimate of drug-likeness (QED) is 0.712. The van der Waals surface area contributed by atoms with Crippen LogP contribution >= 0.6 is 0 Å². The van der Waals surface area contributed by atoms with Crippen molar-refractivity contribution in [3.63, 3.8) is 0 Å². The number of carbonyl (C=O) groups is 2. The summed E-state index contributed by atoms with van der Waals surface area (Å²) in [5, 5.41) is 10.6. The Morgan fingerprint density at radius 2 is 2.27 bits per heavy atom. The van der Waals surface area contributed by atoms with Crippen molar-refractivity contribution >= 4 is 11.9 Å².